The summed E-state index contributed by atoms with van der Waals surface area (Å²) in [4.78, 5) is 13.6. The highest BCUT2D eigenvalue weighted by Gasteiger charge is 2.15. The molecule has 1 aromatic rings. The summed E-state index contributed by atoms with van der Waals surface area (Å²) >= 11 is 5.74. The zero-order valence-electron chi connectivity index (χ0n) is 10.5. The molecule has 0 heterocycles. The van der Waals surface area contributed by atoms with E-state index in [9.17, 15) is 9.18 Å². The average Bonchev–Trinajstić information content (AvgIpc) is 2.34. The minimum Gasteiger partial charge on any atom is -0.330 e. The minimum absolute atomic E-state index is 0.00799. The fraction of sp³-hybridized carbons (Fsp3) is 0.462. The molecule has 0 aromatic heterocycles. The van der Waals surface area contributed by atoms with E-state index >= 15 is 0 Å². The highest BCUT2D eigenvalue weighted by atomic mass is 35.5. The summed E-state index contributed by atoms with van der Waals surface area (Å²) in [5.41, 5.74) is 6.08. The standard InChI is InChI=1S/C13H18ClFN2O/c1-2-4-13(18)17(8-3-7-16)10-5-6-12(15)11(14)9-10/h5-6,9H,2-4,7-8,16H2,1H3. The molecule has 0 aliphatic carbocycles. The predicted molar refractivity (Wildman–Crippen MR) is 72.3 cm³/mol. The quantitative estimate of drug-likeness (QED) is 0.865. The Morgan fingerprint density at radius 1 is 1.50 bits per heavy atom. The lowest BCUT2D eigenvalue weighted by Crippen LogP contribution is -2.32. The van der Waals surface area contributed by atoms with Gasteiger partial charge in [-0.1, -0.05) is 18.5 Å². The molecule has 0 aliphatic rings. The Labute approximate surface area is 112 Å². The molecule has 3 nitrogen and oxygen atoms in total. The van der Waals surface area contributed by atoms with Gasteiger partial charge in [0.1, 0.15) is 5.82 Å². The number of hydrogen-bond donors (Lipinski definition) is 1. The van der Waals surface area contributed by atoms with Gasteiger partial charge in [0.2, 0.25) is 5.91 Å². The number of nitrogens with zero attached hydrogens (tertiary/aromatic N) is 1. The van der Waals surface area contributed by atoms with Crippen molar-refractivity contribution in [3.8, 4) is 0 Å². The van der Waals surface area contributed by atoms with Gasteiger partial charge in [-0.05, 0) is 37.6 Å². The molecule has 0 saturated heterocycles. The topological polar surface area (TPSA) is 46.3 Å². The molecule has 100 valence electrons. The maximum atomic E-state index is 13.1. The summed E-state index contributed by atoms with van der Waals surface area (Å²) in [6, 6.07) is 4.30. The van der Waals surface area contributed by atoms with E-state index in [0.717, 1.165) is 6.42 Å². The molecular formula is C13H18ClFN2O. The van der Waals surface area contributed by atoms with Crippen LogP contribution in [0.3, 0.4) is 0 Å². The smallest absolute Gasteiger partial charge is 0.226 e. The molecule has 1 aromatic carbocycles. The van der Waals surface area contributed by atoms with Crippen molar-refractivity contribution in [1.82, 2.24) is 0 Å². The second-order valence-corrected chi connectivity index (χ2v) is 4.44. The minimum atomic E-state index is -0.484. The Kier molecular flexibility index (Phi) is 6.09. The summed E-state index contributed by atoms with van der Waals surface area (Å²) in [7, 11) is 0. The first kappa shape index (κ1) is 14.9. The van der Waals surface area contributed by atoms with Gasteiger partial charge >= 0.3 is 0 Å². The Morgan fingerprint density at radius 3 is 2.78 bits per heavy atom. The number of carbonyl (C=O) groups excluding carboxylic acids is 1. The highest BCUT2D eigenvalue weighted by molar-refractivity contribution is 6.31. The van der Waals surface area contributed by atoms with Crippen molar-refractivity contribution < 1.29 is 9.18 Å². The molecule has 2 N–H and O–H groups in total. The van der Waals surface area contributed by atoms with E-state index in [1.807, 2.05) is 6.92 Å². The maximum Gasteiger partial charge on any atom is 0.226 e. The predicted octanol–water partition coefficient (Wildman–Crippen LogP) is 2.96. The number of halogens is 2. The van der Waals surface area contributed by atoms with Crippen LogP contribution in [0.1, 0.15) is 26.2 Å². The second-order valence-electron chi connectivity index (χ2n) is 4.04. The SMILES string of the molecule is CCCC(=O)N(CCCN)c1ccc(F)c(Cl)c1. The van der Waals surface area contributed by atoms with Gasteiger partial charge < -0.3 is 10.6 Å². The molecule has 0 atom stereocenters. The Bertz CT molecular complexity index is 412. The van der Waals surface area contributed by atoms with E-state index in [-0.39, 0.29) is 10.9 Å². The van der Waals surface area contributed by atoms with E-state index in [4.69, 9.17) is 17.3 Å². The molecule has 0 fully saturated rings. The van der Waals surface area contributed by atoms with Crippen LogP contribution in [-0.4, -0.2) is 19.0 Å². The summed E-state index contributed by atoms with van der Waals surface area (Å²) in [6.45, 7) is 2.97. The van der Waals surface area contributed by atoms with Crippen molar-refractivity contribution in [2.45, 2.75) is 26.2 Å². The normalized spacial score (nSPS) is 10.4. The lowest BCUT2D eigenvalue weighted by atomic mass is 10.2. The Morgan fingerprint density at radius 2 is 2.22 bits per heavy atom. The fourth-order valence-corrected chi connectivity index (χ4v) is 1.82. The van der Waals surface area contributed by atoms with Crippen LogP contribution < -0.4 is 10.6 Å². The molecular weight excluding hydrogens is 255 g/mol. The van der Waals surface area contributed by atoms with E-state index in [1.165, 1.54) is 12.1 Å². The van der Waals surface area contributed by atoms with Crippen molar-refractivity contribution in [1.29, 1.82) is 0 Å². The first-order valence-electron chi connectivity index (χ1n) is 6.05. The zero-order chi connectivity index (χ0) is 13.5. The summed E-state index contributed by atoms with van der Waals surface area (Å²) < 4.78 is 13.1. The van der Waals surface area contributed by atoms with Crippen LogP contribution >= 0.6 is 11.6 Å². The van der Waals surface area contributed by atoms with Gasteiger partial charge in [-0.15, -0.1) is 0 Å². The highest BCUT2D eigenvalue weighted by Crippen LogP contribution is 2.23. The van der Waals surface area contributed by atoms with Gasteiger partial charge in [0.05, 0.1) is 5.02 Å². The van der Waals surface area contributed by atoms with Crippen LogP contribution in [0.25, 0.3) is 0 Å². The van der Waals surface area contributed by atoms with Gasteiger partial charge in [-0.2, -0.15) is 0 Å². The summed E-state index contributed by atoms with van der Waals surface area (Å²) in [5, 5.41) is 0.0227. The van der Waals surface area contributed by atoms with E-state index < -0.39 is 5.82 Å². The first-order valence-corrected chi connectivity index (χ1v) is 6.43. The Hall–Kier alpha value is -1.13. The van der Waals surface area contributed by atoms with Gasteiger partial charge in [0.25, 0.3) is 0 Å². The number of anilines is 1. The number of benzene rings is 1. The van der Waals surface area contributed by atoms with Gasteiger partial charge in [-0.3, -0.25) is 4.79 Å². The lowest BCUT2D eigenvalue weighted by Gasteiger charge is -2.22. The van der Waals surface area contributed by atoms with Gasteiger partial charge in [0, 0.05) is 18.7 Å². The molecule has 0 radical (unpaired) electrons. The molecule has 0 aliphatic heterocycles. The fourth-order valence-electron chi connectivity index (χ4n) is 1.65. The summed E-state index contributed by atoms with van der Waals surface area (Å²) in [6.07, 6.45) is 1.93. The van der Waals surface area contributed by atoms with E-state index in [0.29, 0.717) is 31.6 Å². The second kappa shape index (κ2) is 7.34. The maximum absolute atomic E-state index is 13.1. The lowest BCUT2D eigenvalue weighted by molar-refractivity contribution is -0.118. The molecule has 0 saturated carbocycles. The van der Waals surface area contributed by atoms with E-state index in [1.54, 1.807) is 11.0 Å². The molecule has 5 heteroatoms. The van der Waals surface area contributed by atoms with Crippen molar-refractivity contribution in [3.63, 3.8) is 0 Å². The van der Waals surface area contributed by atoms with Crippen LogP contribution in [-0.2, 0) is 4.79 Å². The summed E-state index contributed by atoms with van der Waals surface area (Å²) in [5.74, 6) is -0.476. The van der Waals surface area contributed by atoms with Crippen LogP contribution in [0.2, 0.25) is 5.02 Å². The average molecular weight is 273 g/mol. The number of carbonyl (C=O) groups is 1. The number of amides is 1. The first-order chi connectivity index (χ1) is 8.60. The van der Waals surface area contributed by atoms with Crippen LogP contribution in [0.4, 0.5) is 10.1 Å². The number of hydrogen-bond acceptors (Lipinski definition) is 2. The largest absolute Gasteiger partial charge is 0.330 e. The van der Waals surface area contributed by atoms with Gasteiger partial charge in [-0.25, -0.2) is 4.39 Å². The van der Waals surface area contributed by atoms with Crippen molar-refractivity contribution in [3.05, 3.63) is 29.0 Å². The van der Waals surface area contributed by atoms with Crippen molar-refractivity contribution in [2.24, 2.45) is 5.73 Å². The van der Waals surface area contributed by atoms with Crippen LogP contribution in [0, 0.1) is 5.82 Å². The molecule has 0 bridgehead atoms. The van der Waals surface area contributed by atoms with Crippen LogP contribution in [0.15, 0.2) is 18.2 Å². The van der Waals surface area contributed by atoms with E-state index in [2.05, 4.69) is 0 Å². The zero-order valence-corrected chi connectivity index (χ0v) is 11.2. The van der Waals surface area contributed by atoms with Gasteiger partial charge in [0.15, 0.2) is 0 Å². The molecule has 0 spiro atoms. The third-order valence-electron chi connectivity index (χ3n) is 2.57. The third-order valence-corrected chi connectivity index (χ3v) is 2.86. The van der Waals surface area contributed by atoms with Crippen LogP contribution in [0.5, 0.6) is 0 Å². The molecule has 1 amide bonds. The number of nitrogens with two attached hydrogens (primary N) is 1. The number of rotatable bonds is 6. The van der Waals surface area contributed by atoms with Crippen molar-refractivity contribution in [2.75, 3.05) is 18.0 Å². The third kappa shape index (κ3) is 3.96. The Balaban J connectivity index is 2.93. The molecule has 1 rings (SSSR count). The molecule has 18 heavy (non-hydrogen) atoms. The van der Waals surface area contributed by atoms with Crippen molar-refractivity contribution >= 4 is 23.2 Å². The monoisotopic (exact) mass is 272 g/mol. The molecule has 0 unspecified atom stereocenters.